The first-order valence-corrected chi connectivity index (χ1v) is 17.7. The second-order valence-corrected chi connectivity index (χ2v) is 15.6. The van der Waals surface area contributed by atoms with E-state index in [4.69, 9.17) is 5.14 Å². The zero-order valence-electron chi connectivity index (χ0n) is 23.3. The summed E-state index contributed by atoms with van der Waals surface area (Å²) in [7, 11) is -10.4. The van der Waals surface area contributed by atoms with Crippen LogP contribution in [-0.2, 0) is 19.9 Å². The highest BCUT2D eigenvalue weighted by Gasteiger charge is 2.48. The fourth-order valence-corrected chi connectivity index (χ4v) is 8.09. The molecule has 10 nitrogen and oxygen atoms in total. The monoisotopic (exact) mass is 664 g/mol. The van der Waals surface area contributed by atoms with Gasteiger partial charge in [-0.2, -0.15) is 13.2 Å². The van der Waals surface area contributed by atoms with Gasteiger partial charge in [0.1, 0.15) is 4.90 Å². The molecule has 2 fully saturated rings. The number of amides is 1. The second kappa shape index (κ2) is 13.2. The molecule has 2 aromatic carbocycles. The molecule has 0 bridgehead atoms. The molecule has 2 aliphatic rings. The van der Waals surface area contributed by atoms with Gasteiger partial charge in [0.15, 0.2) is 0 Å². The topological polar surface area (TPSA) is 150 Å². The minimum atomic E-state index is -5.90. The molecule has 2 saturated heterocycles. The Balaban J connectivity index is 1.50. The van der Waals surface area contributed by atoms with E-state index in [0.29, 0.717) is 37.9 Å². The van der Waals surface area contributed by atoms with Crippen LogP contribution in [0.3, 0.4) is 0 Å². The van der Waals surface area contributed by atoms with E-state index in [1.165, 1.54) is 16.7 Å². The Morgan fingerprint density at radius 3 is 2.16 bits per heavy atom. The summed E-state index contributed by atoms with van der Waals surface area (Å²) >= 11 is 1.46. The fraction of sp³-hybridized carbons (Fsp3) is 0.519. The SMILES string of the molecule is NS(=O)(=O)c1ccc(N[C@H](CCN2CCC3(CC2)CCN(C(=O)O)CC3)CSc2ccccc2)c(S(=O)(=O)C(F)(F)F)c1. The van der Waals surface area contributed by atoms with Crippen LogP contribution in [0.25, 0.3) is 0 Å². The van der Waals surface area contributed by atoms with Crippen molar-refractivity contribution in [3.05, 3.63) is 48.5 Å². The number of primary sulfonamides is 1. The summed E-state index contributed by atoms with van der Waals surface area (Å²) in [6.07, 6.45) is 3.04. The van der Waals surface area contributed by atoms with Crippen LogP contribution in [0.2, 0.25) is 0 Å². The third kappa shape index (κ3) is 8.35. The van der Waals surface area contributed by atoms with Crippen LogP contribution >= 0.6 is 11.8 Å². The quantitative estimate of drug-likeness (QED) is 0.313. The van der Waals surface area contributed by atoms with Gasteiger partial charge in [-0.1, -0.05) is 18.2 Å². The number of piperidine rings is 2. The molecule has 1 amide bonds. The van der Waals surface area contributed by atoms with Crippen molar-refractivity contribution in [2.75, 3.05) is 43.8 Å². The van der Waals surface area contributed by atoms with Gasteiger partial charge < -0.3 is 20.2 Å². The highest BCUT2D eigenvalue weighted by Crippen LogP contribution is 2.41. The number of benzene rings is 2. The van der Waals surface area contributed by atoms with Gasteiger partial charge in [0, 0.05) is 36.3 Å². The number of halogens is 3. The number of hydrogen-bond acceptors (Lipinski definition) is 8. The standard InChI is InChI=1S/C27H35F3N4O6S3/c28-27(29,30)42(37,38)24-18-22(43(31,39)40)6-7-23(24)32-20(19-41-21-4-2-1-3-5-21)8-13-33-14-9-26(10-15-33)11-16-34(17-12-26)25(35)36/h1-7,18,20,32H,8-17,19H2,(H,35,36)(H2,31,39,40)/t20-/m1/s1. The molecule has 4 rings (SSSR count). The normalized spacial score (nSPS) is 18.8. The average Bonchev–Trinajstić information content (AvgIpc) is 2.95. The molecular weight excluding hydrogens is 630 g/mol. The highest BCUT2D eigenvalue weighted by atomic mass is 32.2. The molecule has 238 valence electrons. The van der Waals surface area contributed by atoms with Gasteiger partial charge in [-0.15, -0.1) is 11.8 Å². The van der Waals surface area contributed by atoms with Gasteiger partial charge in [-0.25, -0.2) is 26.8 Å². The number of alkyl halides is 3. The van der Waals surface area contributed by atoms with Crippen molar-refractivity contribution in [2.45, 2.75) is 58.3 Å². The number of sulfonamides is 1. The average molecular weight is 665 g/mol. The summed E-state index contributed by atoms with van der Waals surface area (Å²) in [4.78, 5) is 14.0. The molecule has 43 heavy (non-hydrogen) atoms. The van der Waals surface area contributed by atoms with Crippen molar-refractivity contribution >= 4 is 43.4 Å². The van der Waals surface area contributed by atoms with Crippen LogP contribution in [0.1, 0.15) is 32.1 Å². The van der Waals surface area contributed by atoms with Crippen LogP contribution in [0.15, 0.2) is 63.2 Å². The molecule has 0 unspecified atom stereocenters. The second-order valence-electron chi connectivity index (χ2n) is 11.0. The molecule has 0 aromatic heterocycles. The summed E-state index contributed by atoms with van der Waals surface area (Å²) in [5, 5.41) is 17.3. The number of nitrogens with one attached hydrogen (secondary N) is 1. The molecule has 0 saturated carbocycles. The van der Waals surface area contributed by atoms with E-state index in [-0.39, 0.29) is 11.1 Å². The number of rotatable bonds is 10. The van der Waals surface area contributed by atoms with Crippen molar-refractivity contribution in [1.29, 1.82) is 0 Å². The van der Waals surface area contributed by atoms with E-state index < -0.39 is 47.3 Å². The highest BCUT2D eigenvalue weighted by molar-refractivity contribution is 7.99. The Labute approximate surface area is 253 Å². The van der Waals surface area contributed by atoms with Crippen molar-refractivity contribution in [3.63, 3.8) is 0 Å². The minimum Gasteiger partial charge on any atom is -0.465 e. The number of carboxylic acid groups (broad SMARTS) is 1. The molecule has 2 aromatic rings. The Bertz CT molecular complexity index is 1490. The number of nitrogens with two attached hydrogens (primary N) is 1. The lowest BCUT2D eigenvalue weighted by Gasteiger charge is -2.46. The first kappa shape index (κ1) is 33.4. The predicted molar refractivity (Wildman–Crippen MR) is 157 cm³/mol. The zero-order chi connectivity index (χ0) is 31.5. The number of hydrogen-bond donors (Lipinski definition) is 3. The molecule has 4 N–H and O–H groups in total. The molecule has 16 heteroatoms. The van der Waals surface area contributed by atoms with Crippen LogP contribution in [0.5, 0.6) is 0 Å². The fourth-order valence-electron chi connectivity index (χ4n) is 5.54. The van der Waals surface area contributed by atoms with Gasteiger partial charge >= 0.3 is 11.6 Å². The van der Waals surface area contributed by atoms with E-state index in [1.54, 1.807) is 0 Å². The largest absolute Gasteiger partial charge is 0.501 e. The maximum atomic E-state index is 13.6. The first-order chi connectivity index (χ1) is 20.1. The Hall–Kier alpha value is -2.53. The molecule has 2 heterocycles. The van der Waals surface area contributed by atoms with Crippen LogP contribution < -0.4 is 10.5 Å². The van der Waals surface area contributed by atoms with E-state index >= 15 is 0 Å². The van der Waals surface area contributed by atoms with Gasteiger partial charge in [0.05, 0.1) is 10.6 Å². The molecule has 0 radical (unpaired) electrons. The lowest BCUT2D eigenvalue weighted by molar-refractivity contribution is -0.0435. The summed E-state index contributed by atoms with van der Waals surface area (Å²) in [5.41, 5.74) is -5.90. The van der Waals surface area contributed by atoms with Gasteiger partial charge in [-0.3, -0.25) is 0 Å². The zero-order valence-corrected chi connectivity index (χ0v) is 25.7. The Morgan fingerprint density at radius 2 is 1.60 bits per heavy atom. The minimum absolute atomic E-state index is 0.106. The van der Waals surface area contributed by atoms with E-state index in [0.717, 1.165) is 55.8 Å². The van der Waals surface area contributed by atoms with Gasteiger partial charge in [0.25, 0.3) is 9.84 Å². The number of nitrogens with zero attached hydrogens (tertiary/aromatic N) is 2. The predicted octanol–water partition coefficient (Wildman–Crippen LogP) is 4.45. The maximum absolute atomic E-state index is 13.6. The Kier molecular flexibility index (Phi) is 10.3. The van der Waals surface area contributed by atoms with E-state index in [2.05, 4.69) is 10.2 Å². The van der Waals surface area contributed by atoms with Crippen molar-refractivity contribution in [3.8, 4) is 0 Å². The lowest BCUT2D eigenvalue weighted by Crippen LogP contribution is -2.48. The molecule has 2 aliphatic heterocycles. The maximum Gasteiger partial charge on any atom is 0.501 e. The van der Waals surface area contributed by atoms with Crippen LogP contribution in [-0.4, -0.2) is 87.9 Å². The van der Waals surface area contributed by atoms with E-state index in [1.807, 2.05) is 30.3 Å². The first-order valence-electron chi connectivity index (χ1n) is 13.7. The van der Waals surface area contributed by atoms with Crippen molar-refractivity contribution in [1.82, 2.24) is 9.80 Å². The summed E-state index contributed by atoms with van der Waals surface area (Å²) in [6.45, 7) is 3.22. The van der Waals surface area contributed by atoms with Crippen LogP contribution in [0, 0.1) is 5.41 Å². The summed E-state index contributed by atoms with van der Waals surface area (Å²) in [6, 6.07) is 11.3. The number of carbonyl (C=O) groups is 1. The van der Waals surface area contributed by atoms with Crippen LogP contribution in [0.4, 0.5) is 23.7 Å². The van der Waals surface area contributed by atoms with Gasteiger partial charge in [-0.05, 0) is 80.9 Å². The summed E-state index contributed by atoms with van der Waals surface area (Å²) < 4.78 is 89.4. The molecule has 0 aliphatic carbocycles. The number of likely N-dealkylation sites (tertiary alicyclic amines) is 2. The third-order valence-corrected chi connectivity index (χ3v) is 11.8. The van der Waals surface area contributed by atoms with E-state index in [9.17, 15) is 39.9 Å². The molecule has 1 spiro atoms. The smallest absolute Gasteiger partial charge is 0.465 e. The number of sulfone groups is 1. The third-order valence-electron chi connectivity index (χ3n) is 8.23. The van der Waals surface area contributed by atoms with Crippen molar-refractivity contribution < 1.29 is 39.9 Å². The molecule has 1 atom stereocenters. The van der Waals surface area contributed by atoms with Crippen molar-refractivity contribution in [2.24, 2.45) is 10.6 Å². The molecular formula is C27H35F3N4O6S3. The lowest BCUT2D eigenvalue weighted by atomic mass is 9.71. The van der Waals surface area contributed by atoms with Gasteiger partial charge in [0.2, 0.25) is 10.0 Å². The summed E-state index contributed by atoms with van der Waals surface area (Å²) in [5.74, 6) is 0.398. The number of thioether (sulfide) groups is 1. The number of anilines is 1. The Morgan fingerprint density at radius 1 is 1.00 bits per heavy atom.